The van der Waals surface area contributed by atoms with E-state index in [4.69, 9.17) is 17.3 Å². The van der Waals surface area contributed by atoms with E-state index in [-0.39, 0.29) is 18.0 Å². The van der Waals surface area contributed by atoms with Crippen molar-refractivity contribution in [2.75, 3.05) is 17.1 Å². The number of amides is 1. The lowest BCUT2D eigenvalue weighted by Crippen LogP contribution is -2.35. The maximum Gasteiger partial charge on any atom is 0.422 e. The van der Waals surface area contributed by atoms with Crippen LogP contribution >= 0.6 is 11.6 Å². The summed E-state index contributed by atoms with van der Waals surface area (Å²) < 4.78 is 31.2. The Kier molecular flexibility index (Phi) is 4.62. The third-order valence-corrected chi connectivity index (χ3v) is 2.91. The van der Waals surface area contributed by atoms with E-state index in [0.29, 0.717) is 5.02 Å². The second-order valence-corrected chi connectivity index (χ2v) is 5.01. The fourth-order valence-corrected chi connectivity index (χ4v) is 2.03. The van der Waals surface area contributed by atoms with E-state index < -0.39 is 16.3 Å². The monoisotopic (exact) mass is 293 g/mol. The van der Waals surface area contributed by atoms with Gasteiger partial charge in [-0.25, -0.2) is 9.52 Å². The zero-order chi connectivity index (χ0) is 13.8. The van der Waals surface area contributed by atoms with Crippen LogP contribution in [0.25, 0.3) is 0 Å². The van der Waals surface area contributed by atoms with E-state index in [1.807, 2.05) is 0 Å². The molecule has 0 saturated carbocycles. The van der Waals surface area contributed by atoms with E-state index in [9.17, 15) is 13.2 Å². The Morgan fingerprint density at radius 1 is 1.50 bits per heavy atom. The summed E-state index contributed by atoms with van der Waals surface area (Å²) in [5.74, 6) is 0. The predicted molar refractivity (Wildman–Crippen MR) is 68.6 cm³/mol. The highest BCUT2D eigenvalue weighted by atomic mass is 35.5. The molecule has 4 N–H and O–H groups in total. The van der Waals surface area contributed by atoms with Gasteiger partial charge in [0.2, 0.25) is 0 Å². The highest BCUT2D eigenvalue weighted by Crippen LogP contribution is 2.23. The fourth-order valence-electron chi connectivity index (χ4n) is 1.06. The van der Waals surface area contributed by atoms with Crippen LogP contribution in [0.1, 0.15) is 6.92 Å². The number of hydrogen-bond acceptors (Lipinski definition) is 5. The number of nitrogen functional groups attached to an aromatic ring is 1. The third kappa shape index (κ3) is 4.30. The van der Waals surface area contributed by atoms with Gasteiger partial charge in [0, 0.05) is 5.02 Å². The molecule has 100 valence electrons. The van der Waals surface area contributed by atoms with Crippen molar-refractivity contribution in [3.63, 3.8) is 0 Å². The number of nitrogens with one attached hydrogen (secondary N) is 2. The van der Waals surface area contributed by atoms with Gasteiger partial charge >= 0.3 is 16.3 Å². The molecule has 0 saturated heterocycles. The summed E-state index contributed by atoms with van der Waals surface area (Å²) in [6.07, 6.45) is -1.08. The number of benzene rings is 1. The number of carbonyl (C=O) groups is 1. The number of carbonyl (C=O) groups excluding carboxylic acids is 1. The van der Waals surface area contributed by atoms with Crippen molar-refractivity contribution in [2.24, 2.45) is 0 Å². The van der Waals surface area contributed by atoms with Crippen LogP contribution in [0.5, 0.6) is 0 Å². The van der Waals surface area contributed by atoms with Crippen LogP contribution in [-0.2, 0) is 14.9 Å². The normalized spacial score (nSPS) is 10.8. The number of anilines is 2. The zero-order valence-corrected chi connectivity index (χ0v) is 11.0. The van der Waals surface area contributed by atoms with Crippen LogP contribution in [-0.4, -0.2) is 21.1 Å². The summed E-state index contributed by atoms with van der Waals surface area (Å²) >= 11 is 5.70. The minimum atomic E-state index is -4.11. The molecule has 1 rings (SSSR count). The lowest BCUT2D eigenvalue weighted by molar-refractivity contribution is 0.159. The van der Waals surface area contributed by atoms with Gasteiger partial charge in [0.15, 0.2) is 0 Å². The SMILES string of the molecule is CCOC(=O)NS(=O)(=O)Nc1cc(Cl)ccc1N. The van der Waals surface area contributed by atoms with Gasteiger partial charge < -0.3 is 10.5 Å². The quantitative estimate of drug-likeness (QED) is 0.725. The summed E-state index contributed by atoms with van der Waals surface area (Å²) in [5, 5.41) is 0.304. The molecule has 1 aromatic rings. The van der Waals surface area contributed by atoms with Crippen LogP contribution in [0.4, 0.5) is 16.2 Å². The highest BCUT2D eigenvalue weighted by Gasteiger charge is 2.16. The van der Waals surface area contributed by atoms with Gasteiger partial charge in [-0.1, -0.05) is 11.6 Å². The van der Waals surface area contributed by atoms with Crippen LogP contribution in [0.3, 0.4) is 0 Å². The van der Waals surface area contributed by atoms with Gasteiger partial charge in [-0.05, 0) is 25.1 Å². The molecule has 0 spiro atoms. The first kappa shape index (κ1) is 14.4. The molecule has 0 radical (unpaired) electrons. The Hall–Kier alpha value is -1.67. The van der Waals surface area contributed by atoms with Crippen molar-refractivity contribution >= 4 is 39.3 Å². The molecule has 0 unspecified atom stereocenters. The molecular weight excluding hydrogens is 282 g/mol. The molecular formula is C9H12ClN3O4S. The number of ether oxygens (including phenoxy) is 1. The Labute approximate surface area is 109 Å². The number of hydrogen-bond donors (Lipinski definition) is 3. The molecule has 0 aliphatic rings. The van der Waals surface area contributed by atoms with Gasteiger partial charge in [-0.3, -0.25) is 4.72 Å². The van der Waals surface area contributed by atoms with E-state index in [1.165, 1.54) is 18.2 Å². The Balaban J connectivity index is 2.82. The Morgan fingerprint density at radius 3 is 2.78 bits per heavy atom. The molecule has 0 aliphatic carbocycles. The summed E-state index contributed by atoms with van der Waals surface area (Å²) in [6, 6.07) is 4.26. The van der Waals surface area contributed by atoms with Crippen molar-refractivity contribution < 1.29 is 17.9 Å². The minimum absolute atomic E-state index is 0.0562. The lowest BCUT2D eigenvalue weighted by atomic mass is 10.3. The van der Waals surface area contributed by atoms with E-state index in [2.05, 4.69) is 9.46 Å². The smallest absolute Gasteiger partial charge is 0.422 e. The molecule has 1 amide bonds. The lowest BCUT2D eigenvalue weighted by Gasteiger charge is -2.11. The third-order valence-electron chi connectivity index (χ3n) is 1.75. The molecule has 0 aliphatic heterocycles. The summed E-state index contributed by atoms with van der Waals surface area (Å²) in [4.78, 5) is 11.0. The van der Waals surface area contributed by atoms with E-state index in [1.54, 1.807) is 11.6 Å². The second-order valence-electron chi connectivity index (χ2n) is 3.16. The van der Waals surface area contributed by atoms with Crippen molar-refractivity contribution in [2.45, 2.75) is 6.92 Å². The maximum absolute atomic E-state index is 11.5. The molecule has 0 heterocycles. The van der Waals surface area contributed by atoms with Crippen LogP contribution in [0.2, 0.25) is 5.02 Å². The molecule has 9 heteroatoms. The number of rotatable bonds is 4. The first-order valence-electron chi connectivity index (χ1n) is 4.86. The number of halogens is 1. The first-order chi connectivity index (χ1) is 8.34. The van der Waals surface area contributed by atoms with Crippen LogP contribution in [0.15, 0.2) is 18.2 Å². The summed E-state index contributed by atoms with van der Waals surface area (Å²) in [5.41, 5.74) is 5.80. The van der Waals surface area contributed by atoms with Gasteiger partial charge in [0.05, 0.1) is 18.0 Å². The minimum Gasteiger partial charge on any atom is -0.449 e. The molecule has 7 nitrogen and oxygen atoms in total. The van der Waals surface area contributed by atoms with Gasteiger partial charge in [0.25, 0.3) is 0 Å². The standard InChI is InChI=1S/C9H12ClN3O4S/c1-2-17-9(14)13-18(15,16)12-8-5-6(10)3-4-7(8)11/h3-5,12H,2,11H2,1H3,(H,13,14). The average Bonchev–Trinajstić information content (AvgIpc) is 2.22. The predicted octanol–water partition coefficient (Wildman–Crippen LogP) is 1.32. The van der Waals surface area contributed by atoms with Crippen molar-refractivity contribution in [1.82, 2.24) is 4.72 Å². The largest absolute Gasteiger partial charge is 0.449 e. The first-order valence-corrected chi connectivity index (χ1v) is 6.72. The molecule has 18 heavy (non-hydrogen) atoms. The Bertz CT molecular complexity index is 547. The molecule has 0 aromatic heterocycles. The topological polar surface area (TPSA) is 111 Å². The van der Waals surface area contributed by atoms with Crippen molar-refractivity contribution in [3.05, 3.63) is 23.2 Å². The van der Waals surface area contributed by atoms with Crippen LogP contribution < -0.4 is 15.2 Å². The average molecular weight is 294 g/mol. The number of nitrogens with two attached hydrogens (primary N) is 1. The molecule has 0 atom stereocenters. The second kappa shape index (κ2) is 5.78. The maximum atomic E-state index is 11.5. The van der Waals surface area contributed by atoms with Gasteiger partial charge in [0.1, 0.15) is 0 Å². The fraction of sp³-hybridized carbons (Fsp3) is 0.222. The summed E-state index contributed by atoms with van der Waals surface area (Å²) in [7, 11) is -4.11. The van der Waals surface area contributed by atoms with Gasteiger partial charge in [-0.15, -0.1) is 0 Å². The van der Waals surface area contributed by atoms with Crippen LogP contribution in [0, 0.1) is 0 Å². The van der Waals surface area contributed by atoms with E-state index >= 15 is 0 Å². The molecule has 0 bridgehead atoms. The Morgan fingerprint density at radius 2 is 2.17 bits per heavy atom. The van der Waals surface area contributed by atoms with E-state index in [0.717, 1.165) is 0 Å². The molecule has 1 aromatic carbocycles. The van der Waals surface area contributed by atoms with Crippen molar-refractivity contribution in [3.8, 4) is 0 Å². The summed E-state index contributed by atoms with van der Waals surface area (Å²) in [6.45, 7) is 1.61. The van der Waals surface area contributed by atoms with Crippen molar-refractivity contribution in [1.29, 1.82) is 0 Å². The highest BCUT2D eigenvalue weighted by molar-refractivity contribution is 7.91. The van der Waals surface area contributed by atoms with Gasteiger partial charge in [-0.2, -0.15) is 8.42 Å². The zero-order valence-electron chi connectivity index (χ0n) is 9.44. The molecule has 0 fully saturated rings.